The normalized spacial score (nSPS) is 5.50. The maximum Gasteiger partial charge on any atom is 0.164 e. The fourth-order valence-corrected chi connectivity index (χ4v) is 0. The fraction of sp³-hybridized carbons (Fsp3) is 0.333. The Morgan fingerprint density at radius 2 is 2.00 bits per heavy atom. The molecule has 0 heterocycles. The van der Waals surface area contributed by atoms with E-state index in [1.807, 2.05) is 0 Å². The van der Waals surface area contributed by atoms with Crippen molar-refractivity contribution in [3.63, 3.8) is 0 Å². The number of rotatable bonds is 0. The van der Waals surface area contributed by atoms with Crippen molar-refractivity contribution in [2.24, 2.45) is 0 Å². The van der Waals surface area contributed by atoms with Gasteiger partial charge in [0.1, 0.15) is 0 Å². The van der Waals surface area contributed by atoms with E-state index in [0.29, 0.717) is 0 Å². The second-order valence-corrected chi connectivity index (χ2v) is 0.576. The molecule has 0 atom stereocenters. The predicted octanol–water partition coefficient (Wildman–Crippen LogP) is -0.00901. The van der Waals surface area contributed by atoms with E-state index >= 15 is 0 Å². The first-order valence-corrected chi connectivity index (χ1v) is 1.17. The van der Waals surface area contributed by atoms with E-state index in [1.165, 1.54) is 7.11 Å². The van der Waals surface area contributed by atoms with E-state index in [9.17, 15) is 4.79 Å². The third-order valence-electron chi connectivity index (χ3n) is 0.228. The Hall–Kier alpha value is 0.444. The van der Waals surface area contributed by atoms with Crippen molar-refractivity contribution in [2.75, 3.05) is 7.11 Å². The molecule has 0 saturated carbocycles. The zero-order chi connectivity index (χ0) is 4.28. The van der Waals surface area contributed by atoms with Crippen LogP contribution in [0.5, 0.6) is 0 Å². The summed E-state index contributed by atoms with van der Waals surface area (Å²) in [5, 5.41) is 0. The van der Waals surface area contributed by atoms with Crippen LogP contribution in [0.25, 0.3) is 0 Å². The van der Waals surface area contributed by atoms with Crippen LogP contribution < -0.4 is 0 Å². The Kier molecular flexibility index (Phi) is 8.77. The molecule has 0 aromatic rings. The Morgan fingerprint density at radius 3 is 2.00 bits per heavy atom. The monoisotopic (exact) mass is 162 g/mol. The molecule has 0 aliphatic rings. The number of esters is 1. The summed E-state index contributed by atoms with van der Waals surface area (Å²) < 4.78 is 4.00. The Bertz CT molecular complexity index is 44.1. The van der Waals surface area contributed by atoms with E-state index in [0.717, 1.165) is 0 Å². The quantitative estimate of drug-likeness (QED) is 0.370. The summed E-state index contributed by atoms with van der Waals surface area (Å²) in [5.74, 6) is -0.495. The molecule has 6 heavy (non-hydrogen) atoms. The van der Waals surface area contributed by atoms with Crippen LogP contribution in [0.3, 0.4) is 0 Å². The van der Waals surface area contributed by atoms with Crippen LogP contribution in [-0.4, -0.2) is 13.1 Å². The third kappa shape index (κ3) is 8.82. The molecule has 3 heteroatoms. The molecule has 0 saturated heterocycles. The summed E-state index contributed by atoms with van der Waals surface area (Å²) >= 11 is 0. The van der Waals surface area contributed by atoms with Crippen LogP contribution in [0.2, 0.25) is 0 Å². The first-order chi connectivity index (χ1) is 2.27. The third-order valence-corrected chi connectivity index (χ3v) is 0.228. The largest absolute Gasteiger partial charge is 0.492 e. The van der Waals surface area contributed by atoms with Crippen LogP contribution in [0, 0.1) is 6.92 Å². The molecule has 0 aromatic carbocycles. The maximum atomic E-state index is 9.48. The first-order valence-electron chi connectivity index (χ1n) is 1.17. The van der Waals surface area contributed by atoms with Gasteiger partial charge in [0.15, 0.2) is 5.97 Å². The summed E-state index contributed by atoms with van der Waals surface area (Å²) in [5.41, 5.74) is 0. The molecule has 0 N–H and O–H groups in total. The Labute approximate surface area is 62.1 Å². The van der Waals surface area contributed by atoms with Gasteiger partial charge in [0, 0.05) is 32.7 Å². The van der Waals surface area contributed by atoms with Gasteiger partial charge in [-0.05, 0) is 0 Å². The molecule has 0 spiro atoms. The topological polar surface area (TPSA) is 26.3 Å². The SMILES string of the molecule is [CH2-]C(=O)OC.[Y]. The first kappa shape index (κ1) is 9.67. The van der Waals surface area contributed by atoms with Crippen molar-refractivity contribution in [3.05, 3.63) is 6.92 Å². The minimum atomic E-state index is -0.495. The Balaban J connectivity index is 0. The molecule has 0 unspecified atom stereocenters. The fourth-order valence-electron chi connectivity index (χ4n) is 0. The van der Waals surface area contributed by atoms with E-state index in [1.54, 1.807) is 0 Å². The number of hydrogen-bond donors (Lipinski definition) is 0. The molecule has 1 radical (unpaired) electrons. The van der Waals surface area contributed by atoms with Crippen LogP contribution >= 0.6 is 0 Å². The maximum absolute atomic E-state index is 9.48. The van der Waals surface area contributed by atoms with Crippen LogP contribution in [0.4, 0.5) is 0 Å². The minimum Gasteiger partial charge on any atom is -0.492 e. The van der Waals surface area contributed by atoms with Gasteiger partial charge in [-0.15, -0.1) is 0 Å². The zero-order valence-corrected chi connectivity index (χ0v) is 6.44. The summed E-state index contributed by atoms with van der Waals surface area (Å²) in [6.45, 7) is 2.90. The second-order valence-electron chi connectivity index (χ2n) is 0.576. The van der Waals surface area contributed by atoms with Gasteiger partial charge in [0.05, 0.1) is 7.11 Å². The van der Waals surface area contributed by atoms with Crippen LogP contribution in [0.15, 0.2) is 0 Å². The standard InChI is InChI=1S/C3H5O2.Y/c1-3(4)5-2;/h1H2,2H3;/q-1;. The van der Waals surface area contributed by atoms with Gasteiger partial charge in [-0.1, -0.05) is 0 Å². The summed E-state index contributed by atoms with van der Waals surface area (Å²) in [7, 11) is 1.29. The summed E-state index contributed by atoms with van der Waals surface area (Å²) in [4.78, 5) is 9.48. The molecule has 0 rings (SSSR count). The van der Waals surface area contributed by atoms with Gasteiger partial charge >= 0.3 is 0 Å². The van der Waals surface area contributed by atoms with Crippen molar-refractivity contribution >= 4 is 5.97 Å². The molecule has 0 fully saturated rings. The number of carbonyl (C=O) groups is 1. The minimum absolute atomic E-state index is 0. The predicted molar refractivity (Wildman–Crippen MR) is 17.4 cm³/mol. The van der Waals surface area contributed by atoms with E-state index in [4.69, 9.17) is 0 Å². The molecule has 2 nitrogen and oxygen atoms in total. The van der Waals surface area contributed by atoms with Gasteiger partial charge in [-0.25, -0.2) is 0 Å². The average molecular weight is 162 g/mol. The molecular weight excluding hydrogens is 157 g/mol. The molecular formula is C3H5O2Y-. The Morgan fingerprint density at radius 1 is 1.83 bits per heavy atom. The van der Waals surface area contributed by atoms with Crippen LogP contribution in [-0.2, 0) is 42.2 Å². The van der Waals surface area contributed by atoms with Crippen molar-refractivity contribution in [3.8, 4) is 0 Å². The van der Waals surface area contributed by atoms with Gasteiger partial charge < -0.3 is 4.74 Å². The van der Waals surface area contributed by atoms with Gasteiger partial charge in [-0.2, -0.15) is 0 Å². The number of hydrogen-bond acceptors (Lipinski definition) is 2. The summed E-state index contributed by atoms with van der Waals surface area (Å²) in [6.07, 6.45) is 0. The number of methoxy groups -OCH3 is 1. The van der Waals surface area contributed by atoms with E-state index in [2.05, 4.69) is 11.7 Å². The molecule has 0 aliphatic heterocycles. The van der Waals surface area contributed by atoms with E-state index < -0.39 is 5.97 Å². The average Bonchev–Trinajstić information content (AvgIpc) is 1.38. The zero-order valence-electron chi connectivity index (χ0n) is 3.60. The number of carbonyl (C=O) groups excluding carboxylic acids is 1. The van der Waals surface area contributed by atoms with Gasteiger partial charge in [-0.3, -0.25) is 11.7 Å². The smallest absolute Gasteiger partial charge is 0.164 e. The van der Waals surface area contributed by atoms with E-state index in [-0.39, 0.29) is 32.7 Å². The number of ether oxygens (including phenoxy) is 1. The van der Waals surface area contributed by atoms with Gasteiger partial charge in [0.2, 0.25) is 0 Å². The second kappa shape index (κ2) is 5.44. The molecule has 0 bridgehead atoms. The molecule has 0 aliphatic carbocycles. The van der Waals surface area contributed by atoms with Crippen molar-refractivity contribution in [1.82, 2.24) is 0 Å². The summed E-state index contributed by atoms with van der Waals surface area (Å²) in [6, 6.07) is 0. The van der Waals surface area contributed by atoms with Crippen LogP contribution in [0.1, 0.15) is 0 Å². The van der Waals surface area contributed by atoms with Gasteiger partial charge in [0.25, 0.3) is 0 Å². The molecule has 0 aromatic heterocycles. The molecule has 33 valence electrons. The van der Waals surface area contributed by atoms with Crippen molar-refractivity contribution in [2.45, 2.75) is 0 Å². The van der Waals surface area contributed by atoms with Crippen molar-refractivity contribution < 1.29 is 42.2 Å². The van der Waals surface area contributed by atoms with Crippen molar-refractivity contribution in [1.29, 1.82) is 0 Å². The molecule has 0 amide bonds.